The number of carbonyl (C=O) groups is 1. The summed E-state index contributed by atoms with van der Waals surface area (Å²) in [6.07, 6.45) is 1.79. The van der Waals surface area contributed by atoms with Crippen LogP contribution < -0.4 is 5.32 Å². The molecule has 2 rings (SSSR count). The minimum absolute atomic E-state index is 0.0259. The fourth-order valence-corrected chi connectivity index (χ4v) is 2.28. The van der Waals surface area contributed by atoms with Gasteiger partial charge in [-0.15, -0.1) is 6.58 Å². The fraction of sp³-hybridized carbons (Fsp3) is 0.312. The predicted molar refractivity (Wildman–Crippen MR) is 76.6 cm³/mol. The molecule has 1 aliphatic rings. The molecule has 0 amide bonds. The summed E-state index contributed by atoms with van der Waals surface area (Å²) in [6, 6.07) is 6.10. The molecular weight excluding hydrogens is 238 g/mol. The van der Waals surface area contributed by atoms with Crippen molar-refractivity contribution in [2.24, 2.45) is 0 Å². The Morgan fingerprint density at radius 3 is 2.79 bits per heavy atom. The van der Waals surface area contributed by atoms with Gasteiger partial charge in [-0.2, -0.15) is 0 Å². The van der Waals surface area contributed by atoms with Crippen LogP contribution in [0.5, 0.6) is 0 Å². The summed E-state index contributed by atoms with van der Waals surface area (Å²) in [5, 5.41) is 2.98. The van der Waals surface area contributed by atoms with Crippen LogP contribution in [0.3, 0.4) is 0 Å². The Balaban J connectivity index is 2.49. The van der Waals surface area contributed by atoms with Gasteiger partial charge in [0, 0.05) is 13.5 Å². The van der Waals surface area contributed by atoms with Crippen molar-refractivity contribution >= 4 is 11.4 Å². The number of Topliss-reactive ketones (excluding diaryl/α,β-unsaturated/α-hetero) is 1. The minimum atomic E-state index is -0.449. The van der Waals surface area contributed by atoms with E-state index in [9.17, 15) is 4.79 Å². The quantitative estimate of drug-likeness (QED) is 0.843. The van der Waals surface area contributed by atoms with Gasteiger partial charge in [-0.1, -0.05) is 29.8 Å². The lowest BCUT2D eigenvalue weighted by Gasteiger charge is -2.08. The summed E-state index contributed by atoms with van der Waals surface area (Å²) in [5.41, 5.74) is 3.80. The van der Waals surface area contributed by atoms with Crippen molar-refractivity contribution in [2.75, 3.05) is 7.05 Å². The summed E-state index contributed by atoms with van der Waals surface area (Å²) in [5.74, 6) is 0.587. The van der Waals surface area contributed by atoms with E-state index in [1.807, 2.05) is 32.0 Å². The summed E-state index contributed by atoms with van der Waals surface area (Å²) >= 11 is 0. The molecule has 19 heavy (non-hydrogen) atoms. The molecule has 1 aromatic carbocycles. The first kappa shape index (κ1) is 13.4. The lowest BCUT2D eigenvalue weighted by molar-refractivity contribution is -0.119. The van der Waals surface area contributed by atoms with E-state index in [0.717, 1.165) is 16.7 Å². The SMILES string of the molecule is C=CCC1OC(NC)=C(c2cc(C)ccc2C)C1=O. The van der Waals surface area contributed by atoms with Crippen molar-refractivity contribution in [1.29, 1.82) is 0 Å². The second kappa shape index (κ2) is 5.31. The Hall–Kier alpha value is -2.03. The van der Waals surface area contributed by atoms with Crippen LogP contribution in [-0.2, 0) is 9.53 Å². The Morgan fingerprint density at radius 2 is 2.16 bits per heavy atom. The first-order chi connectivity index (χ1) is 9.08. The molecule has 3 heteroatoms. The number of ketones is 1. The largest absolute Gasteiger partial charge is 0.467 e. The molecular formula is C16H19NO2. The molecule has 1 heterocycles. The van der Waals surface area contributed by atoms with E-state index in [1.165, 1.54) is 0 Å². The Kier molecular flexibility index (Phi) is 3.74. The molecule has 0 aliphatic carbocycles. The van der Waals surface area contributed by atoms with Crippen LogP contribution in [0.4, 0.5) is 0 Å². The standard InChI is InChI=1S/C16H19NO2/c1-5-6-13-15(18)14(16(17-4)19-13)12-9-10(2)7-8-11(12)3/h5,7-9,13,17H,1,6H2,2-4H3. The number of benzene rings is 1. The molecule has 0 saturated heterocycles. The molecule has 1 unspecified atom stereocenters. The van der Waals surface area contributed by atoms with E-state index in [0.29, 0.717) is 17.9 Å². The molecule has 0 bridgehead atoms. The smallest absolute Gasteiger partial charge is 0.209 e. The topological polar surface area (TPSA) is 38.3 Å². The number of carbonyl (C=O) groups excluding carboxylic acids is 1. The molecule has 0 radical (unpaired) electrons. The summed E-state index contributed by atoms with van der Waals surface area (Å²) in [6.45, 7) is 7.69. The molecule has 1 aromatic rings. The van der Waals surface area contributed by atoms with E-state index < -0.39 is 6.10 Å². The zero-order valence-corrected chi connectivity index (χ0v) is 11.6. The van der Waals surface area contributed by atoms with Crippen molar-refractivity contribution < 1.29 is 9.53 Å². The third-order valence-electron chi connectivity index (χ3n) is 3.30. The Morgan fingerprint density at radius 1 is 1.42 bits per heavy atom. The third-order valence-corrected chi connectivity index (χ3v) is 3.30. The van der Waals surface area contributed by atoms with E-state index in [-0.39, 0.29) is 5.78 Å². The van der Waals surface area contributed by atoms with Gasteiger partial charge in [-0.25, -0.2) is 0 Å². The first-order valence-corrected chi connectivity index (χ1v) is 6.40. The maximum Gasteiger partial charge on any atom is 0.209 e. The van der Waals surface area contributed by atoms with Crippen LogP contribution in [0.1, 0.15) is 23.1 Å². The van der Waals surface area contributed by atoms with Gasteiger partial charge in [0.05, 0.1) is 5.57 Å². The van der Waals surface area contributed by atoms with Crippen LogP contribution in [-0.4, -0.2) is 18.9 Å². The molecule has 3 nitrogen and oxygen atoms in total. The normalized spacial score (nSPS) is 18.5. The van der Waals surface area contributed by atoms with Gasteiger partial charge in [-0.3, -0.25) is 4.79 Å². The van der Waals surface area contributed by atoms with Crippen LogP contribution in [0.25, 0.3) is 5.57 Å². The Bertz CT molecular complexity index is 558. The number of hydrogen-bond donors (Lipinski definition) is 1. The highest BCUT2D eigenvalue weighted by Gasteiger charge is 2.35. The third kappa shape index (κ3) is 2.41. The van der Waals surface area contributed by atoms with Crippen LogP contribution in [0.2, 0.25) is 0 Å². The summed E-state index contributed by atoms with van der Waals surface area (Å²) < 4.78 is 5.67. The number of ether oxygens (including phenoxy) is 1. The maximum absolute atomic E-state index is 12.5. The van der Waals surface area contributed by atoms with Crippen molar-refractivity contribution in [3.63, 3.8) is 0 Å². The molecule has 0 fully saturated rings. The monoisotopic (exact) mass is 257 g/mol. The summed E-state index contributed by atoms with van der Waals surface area (Å²) in [7, 11) is 1.77. The molecule has 1 atom stereocenters. The Labute approximate surface area is 114 Å². The molecule has 1 aliphatic heterocycles. The summed E-state index contributed by atoms with van der Waals surface area (Å²) in [4.78, 5) is 12.5. The zero-order valence-electron chi connectivity index (χ0n) is 11.6. The number of aryl methyl sites for hydroxylation is 2. The van der Waals surface area contributed by atoms with Crippen molar-refractivity contribution in [3.05, 3.63) is 53.4 Å². The van der Waals surface area contributed by atoms with E-state index in [2.05, 4.69) is 11.9 Å². The van der Waals surface area contributed by atoms with Crippen LogP contribution in [0, 0.1) is 13.8 Å². The van der Waals surface area contributed by atoms with Crippen molar-refractivity contribution in [3.8, 4) is 0 Å². The van der Waals surface area contributed by atoms with Gasteiger partial charge in [-0.05, 0) is 25.0 Å². The second-order valence-electron chi connectivity index (χ2n) is 4.77. The minimum Gasteiger partial charge on any atom is -0.467 e. The maximum atomic E-state index is 12.5. The van der Waals surface area contributed by atoms with Gasteiger partial charge in [0.1, 0.15) is 0 Å². The number of hydrogen-bond acceptors (Lipinski definition) is 3. The molecule has 0 aromatic heterocycles. The van der Waals surface area contributed by atoms with Crippen molar-refractivity contribution in [2.45, 2.75) is 26.4 Å². The fourth-order valence-electron chi connectivity index (χ4n) is 2.28. The first-order valence-electron chi connectivity index (χ1n) is 6.40. The zero-order chi connectivity index (χ0) is 14.0. The van der Waals surface area contributed by atoms with Gasteiger partial charge < -0.3 is 10.1 Å². The lowest BCUT2D eigenvalue weighted by Crippen LogP contribution is -2.17. The number of nitrogens with one attached hydrogen (secondary N) is 1. The molecule has 0 spiro atoms. The number of rotatable bonds is 4. The van der Waals surface area contributed by atoms with Crippen LogP contribution in [0.15, 0.2) is 36.7 Å². The van der Waals surface area contributed by atoms with E-state index >= 15 is 0 Å². The molecule has 1 N–H and O–H groups in total. The lowest BCUT2D eigenvalue weighted by atomic mass is 9.94. The van der Waals surface area contributed by atoms with E-state index in [4.69, 9.17) is 4.74 Å². The van der Waals surface area contributed by atoms with Gasteiger partial charge in [0.2, 0.25) is 5.78 Å². The van der Waals surface area contributed by atoms with Gasteiger partial charge >= 0.3 is 0 Å². The van der Waals surface area contributed by atoms with Gasteiger partial charge in [0.15, 0.2) is 12.0 Å². The molecule has 0 saturated carbocycles. The highest BCUT2D eigenvalue weighted by atomic mass is 16.5. The highest BCUT2D eigenvalue weighted by Crippen LogP contribution is 2.32. The average Bonchev–Trinajstić information content (AvgIpc) is 2.70. The van der Waals surface area contributed by atoms with Gasteiger partial charge in [0.25, 0.3) is 0 Å². The van der Waals surface area contributed by atoms with Crippen molar-refractivity contribution in [1.82, 2.24) is 5.32 Å². The predicted octanol–water partition coefficient (Wildman–Crippen LogP) is 2.74. The highest BCUT2D eigenvalue weighted by molar-refractivity contribution is 6.25. The van der Waals surface area contributed by atoms with Crippen LogP contribution >= 0.6 is 0 Å². The second-order valence-corrected chi connectivity index (χ2v) is 4.77. The molecule has 100 valence electrons. The average molecular weight is 257 g/mol. The van der Waals surface area contributed by atoms with E-state index in [1.54, 1.807) is 13.1 Å².